The Labute approximate surface area is 152 Å². The van der Waals surface area contributed by atoms with E-state index >= 15 is 0 Å². The first kappa shape index (κ1) is 16.0. The normalized spacial score (nSPS) is 14.6. The van der Waals surface area contributed by atoms with Crippen molar-refractivity contribution in [1.82, 2.24) is 0 Å². The SMILES string of the molecule is Cc1cccc(NC(=C2C(=O)Nc3ccc(N)cc32)c2ccccc2)c1. The molecule has 0 spiro atoms. The molecule has 0 unspecified atom stereocenters. The lowest BCUT2D eigenvalue weighted by Gasteiger charge is -2.15. The van der Waals surface area contributed by atoms with Gasteiger partial charge >= 0.3 is 0 Å². The average molecular weight is 341 g/mol. The fourth-order valence-corrected chi connectivity index (χ4v) is 3.18. The van der Waals surface area contributed by atoms with E-state index in [1.54, 1.807) is 6.07 Å². The van der Waals surface area contributed by atoms with Crippen LogP contribution in [-0.4, -0.2) is 5.91 Å². The Morgan fingerprint density at radius 3 is 2.54 bits per heavy atom. The molecule has 26 heavy (non-hydrogen) atoms. The van der Waals surface area contributed by atoms with Crippen molar-refractivity contribution in [2.75, 3.05) is 16.4 Å². The van der Waals surface area contributed by atoms with E-state index in [4.69, 9.17) is 5.73 Å². The van der Waals surface area contributed by atoms with Gasteiger partial charge in [0.05, 0.1) is 11.3 Å². The van der Waals surface area contributed by atoms with Crippen molar-refractivity contribution >= 4 is 34.2 Å². The number of nitrogens with two attached hydrogens (primary N) is 1. The van der Waals surface area contributed by atoms with Crippen LogP contribution in [0.2, 0.25) is 0 Å². The minimum absolute atomic E-state index is 0.135. The van der Waals surface area contributed by atoms with Crippen LogP contribution in [0, 0.1) is 6.92 Å². The predicted octanol–water partition coefficient (Wildman–Crippen LogP) is 4.51. The highest BCUT2D eigenvalue weighted by Gasteiger charge is 2.28. The molecule has 0 radical (unpaired) electrons. The van der Waals surface area contributed by atoms with Gasteiger partial charge < -0.3 is 16.4 Å². The Morgan fingerprint density at radius 2 is 1.77 bits per heavy atom. The Balaban J connectivity index is 1.92. The molecular weight excluding hydrogens is 322 g/mol. The number of nitrogens with one attached hydrogen (secondary N) is 2. The number of benzene rings is 3. The van der Waals surface area contributed by atoms with Crippen LogP contribution < -0.4 is 16.4 Å². The van der Waals surface area contributed by atoms with Crippen LogP contribution in [0.5, 0.6) is 0 Å². The van der Waals surface area contributed by atoms with Gasteiger partial charge in [0.1, 0.15) is 0 Å². The predicted molar refractivity (Wildman–Crippen MR) is 108 cm³/mol. The van der Waals surface area contributed by atoms with Crippen LogP contribution in [-0.2, 0) is 4.79 Å². The van der Waals surface area contributed by atoms with Gasteiger partial charge in [0, 0.05) is 22.6 Å². The molecule has 4 nitrogen and oxygen atoms in total. The molecule has 1 heterocycles. The van der Waals surface area contributed by atoms with Gasteiger partial charge in [0.2, 0.25) is 0 Å². The highest BCUT2D eigenvalue weighted by Crippen LogP contribution is 2.38. The Hall–Kier alpha value is -3.53. The maximum Gasteiger partial charge on any atom is 0.258 e. The molecule has 0 fully saturated rings. The molecule has 3 aromatic rings. The van der Waals surface area contributed by atoms with Gasteiger partial charge in [-0.3, -0.25) is 4.79 Å². The van der Waals surface area contributed by atoms with Crippen LogP contribution in [0.15, 0.2) is 72.8 Å². The second kappa shape index (κ2) is 6.41. The zero-order chi connectivity index (χ0) is 18.1. The van der Waals surface area contributed by atoms with Crippen LogP contribution in [0.3, 0.4) is 0 Å². The van der Waals surface area contributed by atoms with Gasteiger partial charge in [-0.25, -0.2) is 0 Å². The number of aryl methyl sites for hydroxylation is 1. The van der Waals surface area contributed by atoms with Crippen molar-refractivity contribution < 1.29 is 4.79 Å². The minimum Gasteiger partial charge on any atom is -0.399 e. The first-order chi connectivity index (χ1) is 12.6. The summed E-state index contributed by atoms with van der Waals surface area (Å²) in [5, 5.41) is 6.38. The number of anilines is 3. The number of hydrogen-bond acceptors (Lipinski definition) is 3. The Morgan fingerprint density at radius 1 is 0.962 bits per heavy atom. The number of carbonyl (C=O) groups is 1. The third-order valence-electron chi connectivity index (χ3n) is 4.39. The van der Waals surface area contributed by atoms with E-state index in [-0.39, 0.29) is 5.91 Å². The number of rotatable bonds is 3. The second-order valence-electron chi connectivity index (χ2n) is 6.37. The maximum absolute atomic E-state index is 12.8. The first-order valence-corrected chi connectivity index (χ1v) is 8.46. The van der Waals surface area contributed by atoms with Crippen molar-refractivity contribution in [2.45, 2.75) is 6.92 Å². The number of nitrogen functional groups attached to an aromatic ring is 1. The van der Waals surface area contributed by atoms with Crippen molar-refractivity contribution in [3.05, 3.63) is 89.5 Å². The summed E-state index contributed by atoms with van der Waals surface area (Å²) in [6.07, 6.45) is 0. The Kier molecular flexibility index (Phi) is 3.93. The fraction of sp³-hybridized carbons (Fsp3) is 0.0455. The van der Waals surface area contributed by atoms with Gasteiger partial charge in [0.25, 0.3) is 5.91 Å². The summed E-state index contributed by atoms with van der Waals surface area (Å²) >= 11 is 0. The van der Waals surface area contributed by atoms with Gasteiger partial charge in [-0.1, -0.05) is 42.5 Å². The van der Waals surface area contributed by atoms with Gasteiger partial charge in [-0.05, 0) is 48.4 Å². The molecule has 128 valence electrons. The summed E-state index contributed by atoms with van der Waals surface area (Å²) in [6, 6.07) is 23.4. The van der Waals surface area contributed by atoms with Crippen molar-refractivity contribution in [1.29, 1.82) is 0 Å². The average Bonchev–Trinajstić information content (AvgIpc) is 2.95. The maximum atomic E-state index is 12.8. The van der Waals surface area contributed by atoms with E-state index in [2.05, 4.69) is 16.7 Å². The number of fused-ring (bicyclic) bond motifs is 1. The monoisotopic (exact) mass is 341 g/mol. The zero-order valence-electron chi connectivity index (χ0n) is 14.4. The van der Waals surface area contributed by atoms with Gasteiger partial charge in [-0.2, -0.15) is 0 Å². The largest absolute Gasteiger partial charge is 0.399 e. The van der Waals surface area contributed by atoms with Crippen LogP contribution in [0.25, 0.3) is 11.3 Å². The summed E-state index contributed by atoms with van der Waals surface area (Å²) in [6.45, 7) is 2.04. The van der Waals surface area contributed by atoms with Crippen LogP contribution >= 0.6 is 0 Å². The molecule has 0 saturated carbocycles. The zero-order valence-corrected chi connectivity index (χ0v) is 14.4. The lowest BCUT2D eigenvalue weighted by atomic mass is 9.99. The number of carbonyl (C=O) groups excluding carboxylic acids is 1. The standard InChI is InChI=1S/C22H19N3O/c1-14-6-5-9-17(12-14)24-21(15-7-3-2-4-8-15)20-18-13-16(23)10-11-19(18)25-22(20)26/h2-13,24H,23H2,1H3,(H,25,26). The molecule has 0 atom stereocenters. The summed E-state index contributed by atoms with van der Waals surface area (Å²) in [5.41, 5.74) is 12.6. The Bertz CT molecular complexity index is 1020. The third-order valence-corrected chi connectivity index (χ3v) is 4.39. The summed E-state index contributed by atoms with van der Waals surface area (Å²) < 4.78 is 0. The van der Waals surface area contributed by atoms with E-state index in [1.807, 2.05) is 67.6 Å². The van der Waals surface area contributed by atoms with Gasteiger partial charge in [-0.15, -0.1) is 0 Å². The van der Waals surface area contributed by atoms with E-state index in [0.29, 0.717) is 11.3 Å². The highest BCUT2D eigenvalue weighted by atomic mass is 16.2. The molecule has 4 rings (SSSR count). The van der Waals surface area contributed by atoms with E-state index in [0.717, 1.165) is 33.8 Å². The quantitative estimate of drug-likeness (QED) is 0.485. The summed E-state index contributed by atoms with van der Waals surface area (Å²) in [4.78, 5) is 12.8. The van der Waals surface area contributed by atoms with Crippen molar-refractivity contribution in [2.24, 2.45) is 0 Å². The lowest BCUT2D eigenvalue weighted by Crippen LogP contribution is -2.10. The molecule has 1 aliphatic rings. The van der Waals surface area contributed by atoms with E-state index in [9.17, 15) is 4.79 Å². The molecule has 1 amide bonds. The third kappa shape index (κ3) is 2.93. The molecule has 4 N–H and O–H groups in total. The fourth-order valence-electron chi connectivity index (χ4n) is 3.18. The molecule has 4 heteroatoms. The van der Waals surface area contributed by atoms with E-state index < -0.39 is 0 Å². The van der Waals surface area contributed by atoms with Gasteiger partial charge in [0.15, 0.2) is 0 Å². The molecule has 0 saturated heterocycles. The topological polar surface area (TPSA) is 67.2 Å². The smallest absolute Gasteiger partial charge is 0.258 e. The first-order valence-electron chi connectivity index (χ1n) is 8.46. The lowest BCUT2D eigenvalue weighted by molar-refractivity contribution is -0.110. The summed E-state index contributed by atoms with van der Waals surface area (Å²) in [5.74, 6) is -0.135. The second-order valence-corrected chi connectivity index (χ2v) is 6.37. The minimum atomic E-state index is -0.135. The molecule has 0 bridgehead atoms. The molecule has 3 aromatic carbocycles. The van der Waals surface area contributed by atoms with Crippen LogP contribution in [0.4, 0.5) is 17.1 Å². The molecular formula is C22H19N3O. The van der Waals surface area contributed by atoms with Crippen LogP contribution in [0.1, 0.15) is 16.7 Å². The number of amides is 1. The number of hydrogen-bond donors (Lipinski definition) is 3. The van der Waals surface area contributed by atoms with E-state index in [1.165, 1.54) is 0 Å². The van der Waals surface area contributed by atoms with Crippen molar-refractivity contribution in [3.63, 3.8) is 0 Å². The summed E-state index contributed by atoms with van der Waals surface area (Å²) in [7, 11) is 0. The van der Waals surface area contributed by atoms with Crippen molar-refractivity contribution in [3.8, 4) is 0 Å². The molecule has 0 aliphatic carbocycles. The highest BCUT2D eigenvalue weighted by molar-refractivity contribution is 6.37. The molecule has 0 aromatic heterocycles. The molecule has 1 aliphatic heterocycles.